The maximum Gasteiger partial charge on any atom is 0.136 e. The molecule has 0 unspecified atom stereocenters. The van der Waals surface area contributed by atoms with Crippen molar-refractivity contribution >= 4 is 33.6 Å². The van der Waals surface area contributed by atoms with Gasteiger partial charge in [0.15, 0.2) is 0 Å². The SMILES string of the molecule is C=CC1=CCON=C1C.CC.CC.CC(=C=CC=C(C)C)c1ccc2c(c1)CCN=C2C.CC1=NCCc2c1ccc1ncccc21. The van der Waals surface area contributed by atoms with Gasteiger partial charge in [-0.3, -0.25) is 15.0 Å². The van der Waals surface area contributed by atoms with Crippen LogP contribution in [-0.4, -0.2) is 41.8 Å². The fraction of sp³-hybridized carbons (Fsp3) is 0.357. The number of fused-ring (bicyclic) bond motifs is 4. The zero-order chi connectivity index (χ0) is 34.8. The first-order chi connectivity index (χ1) is 22.8. The summed E-state index contributed by atoms with van der Waals surface area (Å²) in [7, 11) is 0. The highest BCUT2D eigenvalue weighted by Gasteiger charge is 2.13. The first kappa shape index (κ1) is 38.6. The smallest absolute Gasteiger partial charge is 0.136 e. The lowest BCUT2D eigenvalue weighted by Gasteiger charge is -2.16. The van der Waals surface area contributed by atoms with Crippen LogP contribution >= 0.6 is 0 Å². The number of hydrogen-bond donors (Lipinski definition) is 0. The van der Waals surface area contributed by atoms with Gasteiger partial charge < -0.3 is 4.84 Å². The van der Waals surface area contributed by atoms with E-state index in [9.17, 15) is 0 Å². The molecule has 0 atom stereocenters. The molecule has 3 aliphatic heterocycles. The normalized spacial score (nSPS) is 13.6. The number of nitrogens with zero attached hydrogens (tertiary/aromatic N) is 4. The van der Waals surface area contributed by atoms with Gasteiger partial charge in [0.05, 0.1) is 11.2 Å². The van der Waals surface area contributed by atoms with Crippen molar-refractivity contribution < 1.29 is 4.84 Å². The zero-order valence-electron chi connectivity index (χ0n) is 30.4. The Kier molecular flexibility index (Phi) is 16.8. The Labute approximate surface area is 284 Å². The Morgan fingerprint density at radius 3 is 2.19 bits per heavy atom. The number of benzene rings is 2. The summed E-state index contributed by atoms with van der Waals surface area (Å²) in [5.41, 5.74) is 17.9. The van der Waals surface area contributed by atoms with Crippen molar-refractivity contribution in [3.63, 3.8) is 0 Å². The van der Waals surface area contributed by atoms with Gasteiger partial charge in [0.2, 0.25) is 0 Å². The highest BCUT2D eigenvalue weighted by Crippen LogP contribution is 2.25. The van der Waals surface area contributed by atoms with Gasteiger partial charge in [-0.1, -0.05) is 87.5 Å². The lowest BCUT2D eigenvalue weighted by molar-refractivity contribution is 0.171. The quantitative estimate of drug-likeness (QED) is 0.214. The predicted octanol–water partition coefficient (Wildman–Crippen LogP) is 10.7. The van der Waals surface area contributed by atoms with E-state index in [1.165, 1.54) is 44.3 Å². The van der Waals surface area contributed by atoms with Gasteiger partial charge in [0.1, 0.15) is 6.61 Å². The van der Waals surface area contributed by atoms with E-state index in [0.29, 0.717) is 6.61 Å². The molecule has 0 saturated carbocycles. The molecule has 5 nitrogen and oxygen atoms in total. The van der Waals surface area contributed by atoms with Crippen LogP contribution in [0.3, 0.4) is 0 Å². The second kappa shape index (κ2) is 20.5. The van der Waals surface area contributed by atoms with Crippen molar-refractivity contribution in [1.29, 1.82) is 0 Å². The van der Waals surface area contributed by atoms with Gasteiger partial charge in [-0.25, -0.2) is 0 Å². The molecule has 0 spiro atoms. The van der Waals surface area contributed by atoms with E-state index in [1.54, 1.807) is 6.08 Å². The number of aromatic nitrogens is 1. The summed E-state index contributed by atoms with van der Waals surface area (Å²) in [4.78, 5) is 18.1. The van der Waals surface area contributed by atoms with Crippen molar-refractivity contribution in [2.24, 2.45) is 15.1 Å². The molecule has 0 amide bonds. The molecule has 0 aliphatic carbocycles. The van der Waals surface area contributed by atoms with Crippen molar-refractivity contribution in [3.05, 3.63) is 124 Å². The van der Waals surface area contributed by atoms with Crippen LogP contribution in [0, 0.1) is 0 Å². The van der Waals surface area contributed by atoms with Gasteiger partial charge in [0.25, 0.3) is 0 Å². The molecule has 0 fully saturated rings. The number of rotatable bonds is 3. The van der Waals surface area contributed by atoms with E-state index in [0.717, 1.165) is 54.2 Å². The second-order valence-corrected chi connectivity index (χ2v) is 11.0. The van der Waals surface area contributed by atoms with Crippen LogP contribution in [0.2, 0.25) is 0 Å². The van der Waals surface area contributed by atoms with Crippen LogP contribution in [0.25, 0.3) is 16.5 Å². The van der Waals surface area contributed by atoms with Gasteiger partial charge in [-0.2, -0.15) is 0 Å². The predicted molar refractivity (Wildman–Crippen MR) is 206 cm³/mol. The minimum atomic E-state index is 0.568. The summed E-state index contributed by atoms with van der Waals surface area (Å²) in [5, 5.41) is 5.04. The fourth-order valence-corrected chi connectivity index (χ4v) is 5.17. The van der Waals surface area contributed by atoms with E-state index < -0.39 is 0 Å². The molecule has 0 bridgehead atoms. The first-order valence-electron chi connectivity index (χ1n) is 16.9. The minimum Gasteiger partial charge on any atom is -0.391 e. The molecule has 4 heterocycles. The average molecular weight is 631 g/mol. The third-order valence-corrected chi connectivity index (χ3v) is 7.59. The van der Waals surface area contributed by atoms with Crippen LogP contribution in [0.5, 0.6) is 0 Å². The molecule has 0 N–H and O–H groups in total. The van der Waals surface area contributed by atoms with Gasteiger partial charge in [-0.15, -0.1) is 5.73 Å². The van der Waals surface area contributed by atoms with Crippen LogP contribution in [-0.2, 0) is 17.7 Å². The lowest BCUT2D eigenvalue weighted by atomic mass is 9.94. The molecule has 1 aromatic heterocycles. The molecule has 0 saturated heterocycles. The van der Waals surface area contributed by atoms with Crippen LogP contribution < -0.4 is 0 Å². The summed E-state index contributed by atoms with van der Waals surface area (Å²) < 4.78 is 0. The van der Waals surface area contributed by atoms with Crippen molar-refractivity contribution in [2.45, 2.75) is 82.1 Å². The molecule has 3 aliphatic rings. The van der Waals surface area contributed by atoms with Crippen molar-refractivity contribution in [3.8, 4) is 0 Å². The largest absolute Gasteiger partial charge is 0.391 e. The second-order valence-electron chi connectivity index (χ2n) is 11.0. The lowest BCUT2D eigenvalue weighted by Crippen LogP contribution is -2.10. The van der Waals surface area contributed by atoms with Crippen LogP contribution in [0.4, 0.5) is 0 Å². The monoisotopic (exact) mass is 630 g/mol. The Morgan fingerprint density at radius 2 is 1.53 bits per heavy atom. The summed E-state index contributed by atoms with van der Waals surface area (Å²) in [6.07, 6.45) is 11.7. The Morgan fingerprint density at radius 1 is 0.851 bits per heavy atom. The molecular weight excluding hydrogens is 576 g/mol. The summed E-state index contributed by atoms with van der Waals surface area (Å²) in [5.74, 6) is 0. The van der Waals surface area contributed by atoms with Crippen molar-refractivity contribution in [2.75, 3.05) is 19.7 Å². The first-order valence-corrected chi connectivity index (χ1v) is 16.9. The number of oxime groups is 1. The maximum atomic E-state index is 4.78. The number of pyridine rings is 1. The summed E-state index contributed by atoms with van der Waals surface area (Å²) >= 11 is 0. The summed E-state index contributed by atoms with van der Waals surface area (Å²) in [6.45, 7) is 26.4. The Balaban J connectivity index is 0.000000244. The van der Waals surface area contributed by atoms with Gasteiger partial charge in [0, 0.05) is 36.1 Å². The highest BCUT2D eigenvalue weighted by atomic mass is 16.6. The third-order valence-electron chi connectivity index (χ3n) is 7.59. The van der Waals surface area contributed by atoms with Crippen LogP contribution in [0.1, 0.15) is 97.1 Å². The molecular formula is C42H54N4O. The van der Waals surface area contributed by atoms with E-state index >= 15 is 0 Å². The molecule has 5 heteroatoms. The topological polar surface area (TPSA) is 59.2 Å². The maximum absolute atomic E-state index is 4.78. The standard InChI is InChI=1S/C18H21N.C13H12N2.C7H9NO.2C2H6/c1-13(2)6-5-7-14(3)16-8-9-18-15(4)19-11-10-17(18)12-16;1-9-10-4-5-13-12(3-2-7-15-13)11(10)6-8-14-9;1-3-7-4-5-9-8-6(7)2;2*1-2/h5-6,8-9,12H,10-11H2,1-4H3;2-5,7H,6,8H2,1H3;3-4H,1,5H2,2H3;2*1-2H3. The van der Waals surface area contributed by atoms with E-state index in [-0.39, 0.29) is 0 Å². The Bertz CT molecular complexity index is 1720. The van der Waals surface area contributed by atoms with Gasteiger partial charge >= 0.3 is 0 Å². The number of hydrogen-bond acceptors (Lipinski definition) is 5. The molecule has 6 rings (SSSR count). The average Bonchev–Trinajstić information content (AvgIpc) is 3.10. The number of allylic oxidation sites excluding steroid dienone is 5. The van der Waals surface area contributed by atoms with E-state index in [4.69, 9.17) is 4.84 Å². The number of aliphatic imine (C=N–C) groups is 2. The summed E-state index contributed by atoms with van der Waals surface area (Å²) in [6, 6.07) is 15.0. The highest BCUT2D eigenvalue weighted by molar-refractivity contribution is 6.05. The molecule has 3 aromatic rings. The zero-order valence-corrected chi connectivity index (χ0v) is 30.4. The van der Waals surface area contributed by atoms with Crippen molar-refractivity contribution in [1.82, 2.24) is 4.98 Å². The molecule has 248 valence electrons. The minimum absolute atomic E-state index is 0.568. The molecule has 0 radical (unpaired) electrons. The van der Waals surface area contributed by atoms with Crippen LogP contribution in [0.15, 0.2) is 112 Å². The van der Waals surface area contributed by atoms with E-state index in [1.807, 2.05) is 59.0 Å². The fourth-order valence-electron chi connectivity index (χ4n) is 5.17. The van der Waals surface area contributed by atoms with Gasteiger partial charge in [-0.05, 0) is 118 Å². The Hall–Kier alpha value is -4.60. The third kappa shape index (κ3) is 11.3. The molecule has 2 aromatic carbocycles. The van der Waals surface area contributed by atoms with E-state index in [2.05, 4.69) is 110 Å². The molecule has 47 heavy (non-hydrogen) atoms.